The molecule has 0 aliphatic carbocycles. The number of hydrogen-bond acceptors (Lipinski definition) is 5. The van der Waals surface area contributed by atoms with E-state index >= 15 is 0 Å². The molecule has 1 aromatic heterocycles. The minimum absolute atomic E-state index is 0.140. The fourth-order valence-corrected chi connectivity index (χ4v) is 6.11. The van der Waals surface area contributed by atoms with Gasteiger partial charge in [0.05, 0.1) is 9.77 Å². The van der Waals surface area contributed by atoms with Crippen molar-refractivity contribution >= 4 is 38.9 Å². The van der Waals surface area contributed by atoms with Gasteiger partial charge >= 0.3 is 0 Å². The number of carbonyl (C=O) groups is 2. The maximum absolute atomic E-state index is 13.1. The van der Waals surface area contributed by atoms with Gasteiger partial charge in [-0.15, -0.1) is 11.3 Å². The van der Waals surface area contributed by atoms with Crippen LogP contribution in [0, 0.1) is 13.8 Å². The highest BCUT2D eigenvalue weighted by atomic mass is 32.2. The Morgan fingerprint density at radius 2 is 1.94 bits per heavy atom. The van der Waals surface area contributed by atoms with E-state index in [-0.39, 0.29) is 16.7 Å². The Balaban J connectivity index is 1.87. The number of nitrogens with zero attached hydrogens (tertiary/aromatic N) is 2. The summed E-state index contributed by atoms with van der Waals surface area (Å²) < 4.78 is 27.4. The van der Waals surface area contributed by atoms with E-state index in [1.54, 1.807) is 30.9 Å². The molecule has 1 saturated heterocycles. The summed E-state index contributed by atoms with van der Waals surface area (Å²) in [6.07, 6.45) is 1.34. The third-order valence-corrected chi connectivity index (χ3v) is 8.68. The zero-order chi connectivity index (χ0) is 22.8. The Morgan fingerprint density at radius 3 is 2.55 bits per heavy atom. The van der Waals surface area contributed by atoms with Crippen molar-refractivity contribution in [2.45, 2.75) is 51.5 Å². The average molecular weight is 464 g/mol. The third kappa shape index (κ3) is 4.68. The number of amides is 2. The van der Waals surface area contributed by atoms with Crippen LogP contribution in [-0.2, 0) is 14.8 Å². The van der Waals surface area contributed by atoms with Gasteiger partial charge in [0.2, 0.25) is 15.9 Å². The van der Waals surface area contributed by atoms with Gasteiger partial charge in [-0.25, -0.2) is 8.42 Å². The highest BCUT2D eigenvalue weighted by Gasteiger charge is 2.35. The number of anilines is 1. The minimum atomic E-state index is -3.65. The van der Waals surface area contributed by atoms with Crippen molar-refractivity contribution in [1.82, 2.24) is 9.21 Å². The summed E-state index contributed by atoms with van der Waals surface area (Å²) in [5.41, 5.74) is 2.05. The molecule has 0 saturated carbocycles. The zero-order valence-corrected chi connectivity index (χ0v) is 20.0. The molecule has 1 aliphatic heterocycles. The van der Waals surface area contributed by atoms with Gasteiger partial charge in [0.25, 0.3) is 5.91 Å². The smallest absolute Gasteiger partial charge is 0.264 e. The number of hydrogen-bond donors (Lipinski definition) is 1. The lowest BCUT2D eigenvalue weighted by Crippen LogP contribution is -2.43. The molecule has 1 fully saturated rings. The van der Waals surface area contributed by atoms with E-state index in [9.17, 15) is 18.0 Å². The molecule has 0 spiro atoms. The number of sulfonamides is 1. The van der Waals surface area contributed by atoms with Crippen LogP contribution in [0.1, 0.15) is 47.5 Å². The topological polar surface area (TPSA) is 86.8 Å². The van der Waals surface area contributed by atoms with Crippen LogP contribution in [0.4, 0.5) is 5.69 Å². The first kappa shape index (κ1) is 23.4. The Kier molecular flexibility index (Phi) is 7.18. The monoisotopic (exact) mass is 463 g/mol. The molecule has 1 aliphatic rings. The number of aryl methyl sites for hydroxylation is 1. The molecule has 1 unspecified atom stereocenters. The molecule has 1 atom stereocenters. The summed E-state index contributed by atoms with van der Waals surface area (Å²) >= 11 is 1.36. The number of thiophene rings is 1. The van der Waals surface area contributed by atoms with E-state index in [1.807, 2.05) is 25.3 Å². The van der Waals surface area contributed by atoms with Crippen molar-refractivity contribution in [3.63, 3.8) is 0 Å². The van der Waals surface area contributed by atoms with Crippen LogP contribution in [0.25, 0.3) is 0 Å². The van der Waals surface area contributed by atoms with Gasteiger partial charge in [0.15, 0.2) is 0 Å². The largest absolute Gasteiger partial charge is 0.326 e. The fourth-order valence-electron chi connectivity index (χ4n) is 3.86. The van der Waals surface area contributed by atoms with Crippen LogP contribution in [0.3, 0.4) is 0 Å². The van der Waals surface area contributed by atoms with Gasteiger partial charge in [-0.05, 0) is 61.4 Å². The van der Waals surface area contributed by atoms with Gasteiger partial charge in [0.1, 0.15) is 6.04 Å². The predicted molar refractivity (Wildman–Crippen MR) is 123 cm³/mol. The summed E-state index contributed by atoms with van der Waals surface area (Å²) in [6.45, 7) is 8.54. The number of benzene rings is 1. The molecular weight excluding hydrogens is 434 g/mol. The molecule has 2 heterocycles. The van der Waals surface area contributed by atoms with E-state index in [2.05, 4.69) is 5.32 Å². The van der Waals surface area contributed by atoms with Crippen molar-refractivity contribution in [1.29, 1.82) is 0 Å². The first-order valence-electron chi connectivity index (χ1n) is 10.5. The average Bonchev–Trinajstić information content (AvgIpc) is 3.43. The molecule has 9 heteroatoms. The SMILES string of the molecule is CCN(CC)S(=O)(=O)c1cc(C)c(C)c(NC(=O)C2CCCN2C(=O)c2cccs2)c1. The quantitative estimate of drug-likeness (QED) is 0.679. The van der Waals surface area contributed by atoms with E-state index in [0.717, 1.165) is 17.5 Å². The van der Waals surface area contributed by atoms with E-state index < -0.39 is 16.1 Å². The molecule has 3 rings (SSSR count). The third-order valence-electron chi connectivity index (χ3n) is 5.79. The highest BCUT2D eigenvalue weighted by molar-refractivity contribution is 7.89. The van der Waals surface area contributed by atoms with Crippen LogP contribution >= 0.6 is 11.3 Å². The van der Waals surface area contributed by atoms with E-state index in [4.69, 9.17) is 0 Å². The molecule has 168 valence electrons. The van der Waals surface area contributed by atoms with Crippen molar-refractivity contribution < 1.29 is 18.0 Å². The lowest BCUT2D eigenvalue weighted by Gasteiger charge is -2.24. The summed E-state index contributed by atoms with van der Waals surface area (Å²) in [7, 11) is -3.65. The maximum Gasteiger partial charge on any atom is 0.264 e. The van der Waals surface area contributed by atoms with Crippen LogP contribution in [0.5, 0.6) is 0 Å². The molecule has 2 amide bonds. The Labute approximate surface area is 188 Å². The molecule has 1 aromatic carbocycles. The summed E-state index contributed by atoms with van der Waals surface area (Å²) in [5, 5.41) is 4.74. The molecule has 7 nitrogen and oxygen atoms in total. The second kappa shape index (κ2) is 9.50. The molecule has 1 N–H and O–H groups in total. The summed E-state index contributed by atoms with van der Waals surface area (Å²) in [5.74, 6) is -0.430. The van der Waals surface area contributed by atoms with Crippen molar-refractivity contribution in [3.8, 4) is 0 Å². The standard InChI is InChI=1S/C22H29N3O4S2/c1-5-24(6-2)31(28,29)17-13-15(3)16(4)18(14-17)23-21(26)19-9-7-11-25(19)22(27)20-10-8-12-30-20/h8,10,12-14,19H,5-7,9,11H2,1-4H3,(H,23,26). The molecule has 0 bridgehead atoms. The van der Waals surface area contributed by atoms with Crippen molar-refractivity contribution in [2.75, 3.05) is 25.0 Å². The first-order valence-corrected chi connectivity index (χ1v) is 12.8. The molecule has 0 radical (unpaired) electrons. The number of carbonyl (C=O) groups excluding carboxylic acids is 2. The number of nitrogens with one attached hydrogen (secondary N) is 1. The summed E-state index contributed by atoms with van der Waals surface area (Å²) in [6, 6.07) is 6.17. The van der Waals surface area contributed by atoms with Crippen molar-refractivity contribution in [3.05, 3.63) is 45.6 Å². The normalized spacial score (nSPS) is 16.7. The second-order valence-electron chi connectivity index (χ2n) is 7.63. The lowest BCUT2D eigenvalue weighted by molar-refractivity contribution is -0.119. The van der Waals surface area contributed by atoms with E-state index in [1.165, 1.54) is 21.7 Å². The second-order valence-corrected chi connectivity index (χ2v) is 10.5. The Bertz CT molecular complexity index is 1060. The Morgan fingerprint density at radius 1 is 1.23 bits per heavy atom. The molecule has 2 aromatic rings. The van der Waals surface area contributed by atoms with Crippen LogP contribution < -0.4 is 5.32 Å². The maximum atomic E-state index is 13.1. The van der Waals surface area contributed by atoms with Gasteiger partial charge in [-0.1, -0.05) is 19.9 Å². The van der Waals surface area contributed by atoms with Gasteiger partial charge in [0, 0.05) is 25.3 Å². The predicted octanol–water partition coefficient (Wildman–Crippen LogP) is 3.64. The van der Waals surface area contributed by atoms with Crippen LogP contribution in [-0.4, -0.2) is 55.1 Å². The van der Waals surface area contributed by atoms with Gasteiger partial charge < -0.3 is 10.2 Å². The fraction of sp³-hybridized carbons (Fsp3) is 0.455. The number of likely N-dealkylation sites (tertiary alicyclic amines) is 1. The van der Waals surface area contributed by atoms with Crippen LogP contribution in [0.15, 0.2) is 34.5 Å². The van der Waals surface area contributed by atoms with E-state index in [0.29, 0.717) is 36.6 Å². The highest BCUT2D eigenvalue weighted by Crippen LogP contribution is 2.28. The molecular formula is C22H29N3O4S2. The van der Waals surface area contributed by atoms with Crippen molar-refractivity contribution in [2.24, 2.45) is 0 Å². The lowest BCUT2D eigenvalue weighted by atomic mass is 10.1. The number of rotatable bonds is 7. The zero-order valence-electron chi connectivity index (χ0n) is 18.3. The van der Waals surface area contributed by atoms with Crippen LogP contribution in [0.2, 0.25) is 0 Å². The first-order chi connectivity index (χ1) is 14.7. The van der Waals surface area contributed by atoms with Gasteiger partial charge in [-0.2, -0.15) is 4.31 Å². The minimum Gasteiger partial charge on any atom is -0.326 e. The molecule has 31 heavy (non-hydrogen) atoms. The Hall–Kier alpha value is -2.23. The van der Waals surface area contributed by atoms with Gasteiger partial charge in [-0.3, -0.25) is 9.59 Å². The summed E-state index contributed by atoms with van der Waals surface area (Å²) in [4.78, 5) is 28.3.